The van der Waals surface area contributed by atoms with Crippen molar-refractivity contribution in [3.05, 3.63) is 0 Å². The largest absolute Gasteiger partial charge is 0.331 e. The first-order valence-corrected chi connectivity index (χ1v) is 4.72. The fourth-order valence-corrected chi connectivity index (χ4v) is 1.50. The average Bonchev–Trinajstić information content (AvgIpc) is 2.00. The van der Waals surface area contributed by atoms with Crippen LogP contribution in [0.4, 0.5) is 4.79 Å². The molecule has 4 heteroatoms. The Morgan fingerprint density at radius 2 is 2.15 bits per heavy atom. The first-order chi connectivity index (χ1) is 6.06. The van der Waals surface area contributed by atoms with Crippen molar-refractivity contribution >= 4 is 6.03 Å². The lowest BCUT2D eigenvalue weighted by Crippen LogP contribution is -2.55. The molecule has 0 aliphatic carbocycles. The Balaban J connectivity index is 2.29. The second kappa shape index (κ2) is 3.96. The fourth-order valence-electron chi connectivity index (χ4n) is 1.50. The molecule has 1 saturated heterocycles. The van der Waals surface area contributed by atoms with Crippen LogP contribution in [-0.2, 0) is 0 Å². The van der Waals surface area contributed by atoms with Crippen LogP contribution in [0.3, 0.4) is 0 Å². The Labute approximate surface area is 79.7 Å². The SMILES string of the molecule is CC(CN)C1CN(C(=O)N(C)C)C1. The zero-order valence-electron chi connectivity index (χ0n) is 8.66. The number of nitrogens with two attached hydrogens (primary N) is 1. The van der Waals surface area contributed by atoms with Gasteiger partial charge in [-0.15, -0.1) is 0 Å². The van der Waals surface area contributed by atoms with E-state index in [-0.39, 0.29) is 6.03 Å². The molecule has 13 heavy (non-hydrogen) atoms. The summed E-state index contributed by atoms with van der Waals surface area (Å²) in [6.07, 6.45) is 0. The second-order valence-corrected chi connectivity index (χ2v) is 4.06. The summed E-state index contributed by atoms with van der Waals surface area (Å²) in [7, 11) is 3.56. The van der Waals surface area contributed by atoms with Gasteiger partial charge in [-0.1, -0.05) is 6.92 Å². The first kappa shape index (κ1) is 10.3. The topological polar surface area (TPSA) is 49.6 Å². The van der Waals surface area contributed by atoms with E-state index in [0.717, 1.165) is 13.1 Å². The van der Waals surface area contributed by atoms with Crippen molar-refractivity contribution in [3.63, 3.8) is 0 Å². The van der Waals surface area contributed by atoms with Crippen LogP contribution in [0.1, 0.15) is 6.92 Å². The van der Waals surface area contributed by atoms with Crippen molar-refractivity contribution in [2.24, 2.45) is 17.6 Å². The zero-order chi connectivity index (χ0) is 10.0. The summed E-state index contributed by atoms with van der Waals surface area (Å²) in [5.74, 6) is 1.14. The Bertz CT molecular complexity index is 187. The minimum absolute atomic E-state index is 0.112. The molecule has 1 atom stereocenters. The predicted molar refractivity (Wildman–Crippen MR) is 52.4 cm³/mol. The van der Waals surface area contributed by atoms with E-state index in [4.69, 9.17) is 5.73 Å². The van der Waals surface area contributed by atoms with E-state index >= 15 is 0 Å². The summed E-state index contributed by atoms with van der Waals surface area (Å²) in [5, 5.41) is 0. The summed E-state index contributed by atoms with van der Waals surface area (Å²) in [6, 6.07) is 0.112. The molecular weight excluding hydrogens is 166 g/mol. The Morgan fingerprint density at radius 3 is 2.54 bits per heavy atom. The lowest BCUT2D eigenvalue weighted by atomic mass is 9.87. The van der Waals surface area contributed by atoms with Crippen molar-refractivity contribution in [1.82, 2.24) is 9.80 Å². The maximum atomic E-state index is 11.4. The monoisotopic (exact) mass is 185 g/mol. The molecule has 0 aromatic carbocycles. The van der Waals surface area contributed by atoms with Gasteiger partial charge in [0.15, 0.2) is 0 Å². The van der Waals surface area contributed by atoms with Crippen molar-refractivity contribution in [2.75, 3.05) is 33.7 Å². The number of carbonyl (C=O) groups excluding carboxylic acids is 1. The minimum atomic E-state index is 0.112. The summed E-state index contributed by atoms with van der Waals surface area (Å²) in [6.45, 7) is 4.60. The Kier molecular flexibility index (Phi) is 3.14. The van der Waals surface area contributed by atoms with Crippen LogP contribution in [0, 0.1) is 11.8 Å². The number of hydrogen-bond donors (Lipinski definition) is 1. The van der Waals surface area contributed by atoms with Crippen molar-refractivity contribution < 1.29 is 4.79 Å². The molecular formula is C9H19N3O. The van der Waals surface area contributed by atoms with Crippen LogP contribution in [0.5, 0.6) is 0 Å². The number of likely N-dealkylation sites (tertiary alicyclic amines) is 1. The predicted octanol–water partition coefficient (Wildman–Crippen LogP) is 0.195. The highest BCUT2D eigenvalue weighted by Gasteiger charge is 2.34. The van der Waals surface area contributed by atoms with Crippen molar-refractivity contribution in [3.8, 4) is 0 Å². The van der Waals surface area contributed by atoms with E-state index in [1.165, 1.54) is 0 Å². The Hall–Kier alpha value is -0.770. The van der Waals surface area contributed by atoms with E-state index in [1.54, 1.807) is 19.0 Å². The van der Waals surface area contributed by atoms with Crippen LogP contribution in [0.2, 0.25) is 0 Å². The molecule has 76 valence electrons. The molecule has 2 N–H and O–H groups in total. The van der Waals surface area contributed by atoms with Crippen LogP contribution in [0.15, 0.2) is 0 Å². The summed E-state index contributed by atoms with van der Waals surface area (Å²) in [4.78, 5) is 14.9. The lowest BCUT2D eigenvalue weighted by molar-refractivity contribution is 0.0765. The molecule has 0 saturated carbocycles. The minimum Gasteiger partial charge on any atom is -0.331 e. The van der Waals surface area contributed by atoms with Gasteiger partial charge in [0, 0.05) is 27.2 Å². The maximum Gasteiger partial charge on any atom is 0.319 e. The van der Waals surface area contributed by atoms with E-state index < -0.39 is 0 Å². The van der Waals surface area contributed by atoms with Gasteiger partial charge in [0.1, 0.15) is 0 Å². The number of urea groups is 1. The maximum absolute atomic E-state index is 11.4. The fraction of sp³-hybridized carbons (Fsp3) is 0.889. The number of nitrogens with zero attached hydrogens (tertiary/aromatic N) is 2. The van der Waals surface area contributed by atoms with Gasteiger partial charge in [-0.3, -0.25) is 0 Å². The third-order valence-corrected chi connectivity index (χ3v) is 2.74. The van der Waals surface area contributed by atoms with Crippen LogP contribution < -0.4 is 5.73 Å². The van der Waals surface area contributed by atoms with E-state index in [2.05, 4.69) is 6.92 Å². The van der Waals surface area contributed by atoms with Crippen molar-refractivity contribution in [2.45, 2.75) is 6.92 Å². The van der Waals surface area contributed by atoms with Gasteiger partial charge in [-0.25, -0.2) is 4.79 Å². The molecule has 0 spiro atoms. The van der Waals surface area contributed by atoms with Gasteiger partial charge >= 0.3 is 6.03 Å². The Morgan fingerprint density at radius 1 is 1.62 bits per heavy atom. The quantitative estimate of drug-likeness (QED) is 0.668. The number of carbonyl (C=O) groups is 1. The zero-order valence-corrected chi connectivity index (χ0v) is 8.66. The molecule has 1 rings (SSSR count). The molecule has 0 bridgehead atoms. The molecule has 1 aliphatic rings. The standard InChI is InChI=1S/C9H19N3O/c1-7(4-10)8-5-12(6-8)9(13)11(2)3/h7-8H,4-6,10H2,1-3H3. The van der Waals surface area contributed by atoms with Gasteiger partial charge in [0.2, 0.25) is 0 Å². The highest BCUT2D eigenvalue weighted by molar-refractivity contribution is 5.74. The molecule has 1 unspecified atom stereocenters. The summed E-state index contributed by atoms with van der Waals surface area (Å²) in [5.41, 5.74) is 5.55. The average molecular weight is 185 g/mol. The van der Waals surface area contributed by atoms with Crippen LogP contribution >= 0.6 is 0 Å². The highest BCUT2D eigenvalue weighted by Crippen LogP contribution is 2.23. The van der Waals surface area contributed by atoms with Gasteiger partial charge < -0.3 is 15.5 Å². The van der Waals surface area contributed by atoms with Gasteiger partial charge in [-0.05, 0) is 18.4 Å². The van der Waals surface area contributed by atoms with Crippen LogP contribution in [0.25, 0.3) is 0 Å². The van der Waals surface area contributed by atoms with Gasteiger partial charge in [0.25, 0.3) is 0 Å². The molecule has 1 fully saturated rings. The number of rotatable bonds is 2. The molecule has 1 heterocycles. The molecule has 0 aromatic heterocycles. The van der Waals surface area contributed by atoms with Gasteiger partial charge in [0.05, 0.1) is 0 Å². The van der Waals surface area contributed by atoms with Crippen LogP contribution in [-0.4, -0.2) is 49.6 Å². The molecule has 0 radical (unpaired) electrons. The smallest absolute Gasteiger partial charge is 0.319 e. The first-order valence-electron chi connectivity index (χ1n) is 4.72. The normalized spacial score (nSPS) is 19.5. The summed E-state index contributed by atoms with van der Waals surface area (Å²) >= 11 is 0. The molecule has 0 aromatic rings. The number of amides is 2. The van der Waals surface area contributed by atoms with Crippen molar-refractivity contribution in [1.29, 1.82) is 0 Å². The van der Waals surface area contributed by atoms with E-state index in [9.17, 15) is 4.79 Å². The highest BCUT2D eigenvalue weighted by atomic mass is 16.2. The van der Waals surface area contributed by atoms with Gasteiger partial charge in [-0.2, -0.15) is 0 Å². The molecule has 2 amide bonds. The third kappa shape index (κ3) is 2.12. The third-order valence-electron chi connectivity index (χ3n) is 2.74. The number of hydrogen-bond acceptors (Lipinski definition) is 2. The second-order valence-electron chi connectivity index (χ2n) is 4.06. The van der Waals surface area contributed by atoms with E-state index in [1.807, 2.05) is 4.90 Å². The molecule has 4 nitrogen and oxygen atoms in total. The summed E-state index contributed by atoms with van der Waals surface area (Å²) < 4.78 is 0. The van der Waals surface area contributed by atoms with E-state index in [0.29, 0.717) is 18.4 Å². The lowest BCUT2D eigenvalue weighted by Gasteiger charge is -2.43. The molecule has 1 aliphatic heterocycles.